The van der Waals surface area contributed by atoms with Gasteiger partial charge in [-0.3, -0.25) is 4.79 Å². The summed E-state index contributed by atoms with van der Waals surface area (Å²) >= 11 is 1.70. The molecule has 0 aromatic heterocycles. The number of unbranched alkanes of at least 4 members (excludes halogenated alkanes) is 1. The minimum absolute atomic E-state index is 0.118. The van der Waals surface area contributed by atoms with Crippen LogP contribution in [0.1, 0.15) is 19.8 Å². The molecule has 0 saturated heterocycles. The molecule has 3 nitrogen and oxygen atoms in total. The largest absolute Gasteiger partial charge is 0.356 e. The summed E-state index contributed by atoms with van der Waals surface area (Å²) in [5.74, 6) is 1.17. The van der Waals surface area contributed by atoms with E-state index in [1.54, 1.807) is 11.8 Å². The first-order valence-corrected chi connectivity index (χ1v) is 6.08. The molecule has 13 heavy (non-hydrogen) atoms. The molecule has 0 aliphatic heterocycles. The first-order valence-electron chi connectivity index (χ1n) is 4.69. The van der Waals surface area contributed by atoms with Gasteiger partial charge in [0.1, 0.15) is 0 Å². The van der Waals surface area contributed by atoms with Crippen molar-refractivity contribution in [3.05, 3.63) is 0 Å². The van der Waals surface area contributed by atoms with E-state index in [0.29, 0.717) is 6.54 Å². The standard InChI is InChI=1S/C9H20N2OS/c1-8(7-13-2)9(12)11-6-4-3-5-10/h8H,3-7,10H2,1-2H3,(H,11,12). The Labute approximate surface area is 84.8 Å². The van der Waals surface area contributed by atoms with E-state index in [4.69, 9.17) is 5.73 Å². The van der Waals surface area contributed by atoms with Crippen molar-refractivity contribution < 1.29 is 4.79 Å². The molecule has 0 rings (SSSR count). The molecule has 1 unspecified atom stereocenters. The Hall–Kier alpha value is -0.220. The molecule has 0 heterocycles. The van der Waals surface area contributed by atoms with Crippen molar-refractivity contribution in [1.29, 1.82) is 0 Å². The molecule has 0 aromatic carbocycles. The zero-order valence-corrected chi connectivity index (χ0v) is 9.32. The minimum Gasteiger partial charge on any atom is -0.356 e. The average Bonchev–Trinajstić information content (AvgIpc) is 2.12. The second-order valence-corrected chi connectivity index (χ2v) is 4.05. The first-order chi connectivity index (χ1) is 6.22. The predicted molar refractivity (Wildman–Crippen MR) is 58.8 cm³/mol. The predicted octanol–water partition coefficient (Wildman–Crippen LogP) is 0.841. The molecule has 3 N–H and O–H groups in total. The topological polar surface area (TPSA) is 55.1 Å². The van der Waals surface area contributed by atoms with Gasteiger partial charge in [0.15, 0.2) is 0 Å². The highest BCUT2D eigenvalue weighted by Gasteiger charge is 2.10. The highest BCUT2D eigenvalue weighted by Crippen LogP contribution is 2.03. The summed E-state index contributed by atoms with van der Waals surface area (Å²) in [7, 11) is 0. The summed E-state index contributed by atoms with van der Waals surface area (Å²) in [4.78, 5) is 11.3. The van der Waals surface area contributed by atoms with Crippen molar-refractivity contribution in [2.45, 2.75) is 19.8 Å². The number of hydrogen-bond acceptors (Lipinski definition) is 3. The summed E-state index contributed by atoms with van der Waals surface area (Å²) in [6, 6.07) is 0. The quantitative estimate of drug-likeness (QED) is 0.604. The Bertz CT molecular complexity index is 142. The molecule has 0 bridgehead atoms. The average molecular weight is 204 g/mol. The summed E-state index contributed by atoms with van der Waals surface area (Å²) in [6.45, 7) is 3.42. The Kier molecular flexibility index (Phi) is 8.24. The molecule has 0 aliphatic rings. The lowest BCUT2D eigenvalue weighted by atomic mass is 10.2. The van der Waals surface area contributed by atoms with Gasteiger partial charge in [-0.15, -0.1) is 0 Å². The van der Waals surface area contributed by atoms with E-state index < -0.39 is 0 Å². The van der Waals surface area contributed by atoms with Gasteiger partial charge < -0.3 is 11.1 Å². The van der Waals surface area contributed by atoms with Gasteiger partial charge in [0.25, 0.3) is 0 Å². The van der Waals surface area contributed by atoms with Crippen LogP contribution in [0.15, 0.2) is 0 Å². The van der Waals surface area contributed by atoms with E-state index in [1.165, 1.54) is 0 Å². The lowest BCUT2D eigenvalue weighted by Crippen LogP contribution is -2.31. The molecule has 0 aromatic rings. The number of rotatable bonds is 7. The van der Waals surface area contributed by atoms with E-state index in [9.17, 15) is 4.79 Å². The molecule has 0 radical (unpaired) electrons. The highest BCUT2D eigenvalue weighted by atomic mass is 32.2. The highest BCUT2D eigenvalue weighted by molar-refractivity contribution is 7.98. The number of nitrogens with one attached hydrogen (secondary N) is 1. The molecule has 0 spiro atoms. The van der Waals surface area contributed by atoms with Crippen molar-refractivity contribution in [3.63, 3.8) is 0 Å². The van der Waals surface area contributed by atoms with E-state index in [1.807, 2.05) is 13.2 Å². The lowest BCUT2D eigenvalue weighted by Gasteiger charge is -2.10. The summed E-state index contributed by atoms with van der Waals surface area (Å²) in [5.41, 5.74) is 5.34. The van der Waals surface area contributed by atoms with Crippen LogP contribution >= 0.6 is 11.8 Å². The van der Waals surface area contributed by atoms with Crippen LogP contribution in [-0.2, 0) is 4.79 Å². The maximum absolute atomic E-state index is 11.3. The lowest BCUT2D eigenvalue weighted by molar-refractivity contribution is -0.123. The zero-order chi connectivity index (χ0) is 10.1. The number of amides is 1. The third kappa shape index (κ3) is 6.90. The zero-order valence-electron chi connectivity index (χ0n) is 8.51. The third-order valence-electron chi connectivity index (χ3n) is 1.79. The van der Waals surface area contributed by atoms with E-state index in [0.717, 1.165) is 25.1 Å². The number of nitrogens with two attached hydrogens (primary N) is 1. The second-order valence-electron chi connectivity index (χ2n) is 3.14. The van der Waals surface area contributed by atoms with Gasteiger partial charge in [-0.1, -0.05) is 6.92 Å². The van der Waals surface area contributed by atoms with Crippen LogP contribution in [0.25, 0.3) is 0 Å². The number of thioether (sulfide) groups is 1. The Morgan fingerprint density at radius 2 is 2.23 bits per heavy atom. The summed E-state index contributed by atoms with van der Waals surface area (Å²) < 4.78 is 0. The van der Waals surface area contributed by atoms with Crippen LogP contribution in [0, 0.1) is 5.92 Å². The van der Waals surface area contributed by atoms with Crippen molar-refractivity contribution in [2.24, 2.45) is 11.7 Å². The molecular formula is C9H20N2OS. The van der Waals surface area contributed by atoms with E-state index >= 15 is 0 Å². The molecule has 4 heteroatoms. The van der Waals surface area contributed by atoms with Crippen molar-refractivity contribution in [3.8, 4) is 0 Å². The first kappa shape index (κ1) is 12.8. The fourth-order valence-corrected chi connectivity index (χ4v) is 1.63. The van der Waals surface area contributed by atoms with Crippen molar-refractivity contribution in [1.82, 2.24) is 5.32 Å². The number of hydrogen-bond donors (Lipinski definition) is 2. The molecule has 0 fully saturated rings. The molecule has 1 amide bonds. The molecule has 1 atom stereocenters. The Balaban J connectivity index is 3.38. The fourth-order valence-electron chi connectivity index (χ4n) is 0.981. The number of carbonyl (C=O) groups is 1. The monoisotopic (exact) mass is 204 g/mol. The van der Waals surface area contributed by atoms with Crippen LogP contribution in [0.5, 0.6) is 0 Å². The van der Waals surface area contributed by atoms with Crippen molar-refractivity contribution in [2.75, 3.05) is 25.1 Å². The summed E-state index contributed by atoms with van der Waals surface area (Å²) in [6.07, 6.45) is 3.98. The second kappa shape index (κ2) is 8.38. The SMILES string of the molecule is CSCC(C)C(=O)NCCCCN. The molecule has 0 saturated carbocycles. The van der Waals surface area contributed by atoms with Gasteiger partial charge in [0, 0.05) is 18.2 Å². The van der Waals surface area contributed by atoms with Crippen LogP contribution < -0.4 is 11.1 Å². The van der Waals surface area contributed by atoms with Gasteiger partial charge in [0.05, 0.1) is 0 Å². The van der Waals surface area contributed by atoms with Crippen LogP contribution in [0.4, 0.5) is 0 Å². The molecule has 78 valence electrons. The van der Waals surface area contributed by atoms with Gasteiger partial charge in [0.2, 0.25) is 5.91 Å². The third-order valence-corrected chi connectivity index (χ3v) is 2.63. The number of carbonyl (C=O) groups excluding carboxylic acids is 1. The smallest absolute Gasteiger partial charge is 0.223 e. The fraction of sp³-hybridized carbons (Fsp3) is 0.889. The van der Waals surface area contributed by atoms with E-state index in [-0.39, 0.29) is 11.8 Å². The molecule has 0 aliphatic carbocycles. The Morgan fingerprint density at radius 1 is 1.54 bits per heavy atom. The maximum Gasteiger partial charge on any atom is 0.223 e. The van der Waals surface area contributed by atoms with Gasteiger partial charge in [-0.05, 0) is 25.6 Å². The normalized spacial score (nSPS) is 12.5. The Morgan fingerprint density at radius 3 is 2.77 bits per heavy atom. The van der Waals surface area contributed by atoms with Crippen LogP contribution in [0.3, 0.4) is 0 Å². The van der Waals surface area contributed by atoms with Crippen LogP contribution in [0.2, 0.25) is 0 Å². The van der Waals surface area contributed by atoms with Crippen LogP contribution in [-0.4, -0.2) is 31.0 Å². The van der Waals surface area contributed by atoms with Gasteiger partial charge in [-0.2, -0.15) is 11.8 Å². The van der Waals surface area contributed by atoms with Crippen molar-refractivity contribution >= 4 is 17.7 Å². The van der Waals surface area contributed by atoms with E-state index in [2.05, 4.69) is 5.32 Å². The minimum atomic E-state index is 0.118. The molecular weight excluding hydrogens is 184 g/mol. The van der Waals surface area contributed by atoms with Gasteiger partial charge >= 0.3 is 0 Å². The summed E-state index contributed by atoms with van der Waals surface area (Å²) in [5, 5.41) is 2.89. The maximum atomic E-state index is 11.3. The van der Waals surface area contributed by atoms with Gasteiger partial charge in [-0.25, -0.2) is 0 Å².